The molecule has 0 bridgehead atoms. The maximum Gasteiger partial charge on any atom is 0.433 e. The highest BCUT2D eigenvalue weighted by Gasteiger charge is 2.34. The van der Waals surface area contributed by atoms with Crippen LogP contribution in [0.3, 0.4) is 0 Å². The number of rotatable bonds is 12. The zero-order chi connectivity index (χ0) is 33.6. The van der Waals surface area contributed by atoms with Gasteiger partial charge in [0.15, 0.2) is 11.6 Å². The Hall–Kier alpha value is -4.75. The Morgan fingerprint density at radius 1 is 0.894 bits per heavy atom. The molecule has 3 aromatic carbocycles. The lowest BCUT2D eigenvalue weighted by molar-refractivity contribution is -0.141. The topological polar surface area (TPSA) is 83.3 Å². The van der Waals surface area contributed by atoms with E-state index in [1.807, 2.05) is 0 Å². The van der Waals surface area contributed by atoms with Crippen molar-refractivity contribution in [3.63, 3.8) is 0 Å². The van der Waals surface area contributed by atoms with Gasteiger partial charge in [-0.05, 0) is 47.9 Å². The van der Waals surface area contributed by atoms with Crippen molar-refractivity contribution in [2.24, 2.45) is 0 Å². The fourth-order valence-electron chi connectivity index (χ4n) is 4.76. The van der Waals surface area contributed by atoms with E-state index in [1.54, 1.807) is 54.6 Å². The summed E-state index contributed by atoms with van der Waals surface area (Å²) in [5.74, 6) is -1.24. The summed E-state index contributed by atoms with van der Waals surface area (Å²) in [5, 5.41) is -0.550. The molecular formula is C34H28F5N3O4S. The van der Waals surface area contributed by atoms with Gasteiger partial charge >= 0.3 is 6.18 Å². The van der Waals surface area contributed by atoms with Crippen molar-refractivity contribution in [2.75, 3.05) is 12.9 Å². The van der Waals surface area contributed by atoms with Gasteiger partial charge in [0.1, 0.15) is 11.5 Å². The Morgan fingerprint density at radius 3 is 2.34 bits per heavy atom. The Balaban J connectivity index is 1.41. The molecule has 5 aromatic rings. The molecule has 0 aliphatic heterocycles. The van der Waals surface area contributed by atoms with Crippen molar-refractivity contribution in [2.45, 2.75) is 37.0 Å². The number of hydrogen-bond donors (Lipinski definition) is 0. The lowest BCUT2D eigenvalue weighted by Gasteiger charge is -2.19. The van der Waals surface area contributed by atoms with Gasteiger partial charge in [-0.2, -0.15) is 13.2 Å². The van der Waals surface area contributed by atoms with Crippen LogP contribution in [-0.2, 0) is 34.9 Å². The molecule has 2 atom stereocenters. The quantitative estimate of drug-likeness (QED) is 0.104. The lowest BCUT2D eigenvalue weighted by atomic mass is 10.1. The molecule has 2 unspecified atom stereocenters. The van der Waals surface area contributed by atoms with Crippen LogP contribution in [0.25, 0.3) is 11.3 Å². The molecule has 0 saturated heterocycles. The summed E-state index contributed by atoms with van der Waals surface area (Å²) in [6.45, 7) is -0.167. The number of alkyl halides is 3. The second-order valence-electron chi connectivity index (χ2n) is 10.4. The predicted octanol–water partition coefficient (Wildman–Crippen LogP) is 7.12. The minimum Gasteiger partial charge on any atom is -0.494 e. The van der Waals surface area contributed by atoms with Crippen molar-refractivity contribution < 1.29 is 35.6 Å². The van der Waals surface area contributed by atoms with Crippen molar-refractivity contribution in [1.29, 1.82) is 0 Å². The zero-order valence-electron chi connectivity index (χ0n) is 24.9. The predicted molar refractivity (Wildman–Crippen MR) is 165 cm³/mol. The summed E-state index contributed by atoms with van der Waals surface area (Å²) in [6.07, 6.45) is -4.15. The highest BCUT2D eigenvalue weighted by Crippen LogP contribution is 2.31. The molecule has 2 aromatic heterocycles. The van der Waals surface area contributed by atoms with Gasteiger partial charge < -0.3 is 14.0 Å². The van der Waals surface area contributed by atoms with E-state index in [9.17, 15) is 31.0 Å². The van der Waals surface area contributed by atoms with Crippen LogP contribution in [0.4, 0.5) is 22.0 Å². The number of nitrogens with zero attached hydrogens (tertiary/aromatic N) is 3. The maximum absolute atomic E-state index is 14.2. The van der Waals surface area contributed by atoms with Crippen LogP contribution in [-0.4, -0.2) is 31.6 Å². The van der Waals surface area contributed by atoms with Gasteiger partial charge in [0, 0.05) is 29.1 Å². The third-order valence-electron chi connectivity index (χ3n) is 7.18. The summed E-state index contributed by atoms with van der Waals surface area (Å²) in [6, 6.07) is 22.3. The smallest absolute Gasteiger partial charge is 0.433 e. The van der Waals surface area contributed by atoms with E-state index in [1.165, 1.54) is 42.1 Å². The largest absolute Gasteiger partial charge is 0.494 e. The molecule has 244 valence electrons. The van der Waals surface area contributed by atoms with Crippen LogP contribution in [0.5, 0.6) is 5.75 Å². The van der Waals surface area contributed by atoms with Crippen LogP contribution in [0.1, 0.15) is 34.9 Å². The fourth-order valence-corrected chi connectivity index (χ4v) is 5.77. The molecular weight excluding hydrogens is 641 g/mol. The van der Waals surface area contributed by atoms with Crippen LogP contribution >= 0.6 is 0 Å². The van der Waals surface area contributed by atoms with Crippen LogP contribution in [0, 0.1) is 11.6 Å². The molecule has 0 fully saturated rings. The van der Waals surface area contributed by atoms with Crippen LogP contribution in [0.2, 0.25) is 0 Å². The number of halogens is 5. The van der Waals surface area contributed by atoms with Crippen molar-refractivity contribution in [3.05, 3.63) is 142 Å². The molecule has 47 heavy (non-hydrogen) atoms. The normalized spacial score (nSPS) is 12.9. The second kappa shape index (κ2) is 14.8. The minimum atomic E-state index is -4.89. The fraction of sp³-hybridized carbons (Fsp3) is 0.206. The van der Waals surface area contributed by atoms with Gasteiger partial charge in [-0.3, -0.25) is 9.00 Å². The Labute approximate surface area is 269 Å². The van der Waals surface area contributed by atoms with Crippen LogP contribution < -0.4 is 10.3 Å². The first-order chi connectivity index (χ1) is 22.5. The first-order valence-electron chi connectivity index (χ1n) is 14.3. The summed E-state index contributed by atoms with van der Waals surface area (Å²) in [5.41, 5.74) is -0.434. The molecule has 0 spiro atoms. The molecule has 0 N–H and O–H groups in total. The van der Waals surface area contributed by atoms with E-state index in [2.05, 4.69) is 9.97 Å². The third kappa shape index (κ3) is 8.54. The van der Waals surface area contributed by atoms with Gasteiger partial charge in [0.25, 0.3) is 5.56 Å². The third-order valence-corrected chi connectivity index (χ3v) is 8.38. The minimum absolute atomic E-state index is 0.0165. The zero-order valence-corrected chi connectivity index (χ0v) is 25.7. The average Bonchev–Trinajstić information content (AvgIpc) is 3.06. The lowest BCUT2D eigenvalue weighted by Crippen LogP contribution is -2.19. The van der Waals surface area contributed by atoms with Gasteiger partial charge in [0.2, 0.25) is 5.16 Å². The average molecular weight is 670 g/mol. The molecule has 0 aliphatic rings. The number of pyridine rings is 1. The summed E-state index contributed by atoms with van der Waals surface area (Å²) < 4.78 is 95.8. The Morgan fingerprint density at radius 2 is 1.64 bits per heavy atom. The highest BCUT2D eigenvalue weighted by molar-refractivity contribution is 7.84. The Kier molecular flexibility index (Phi) is 10.6. The van der Waals surface area contributed by atoms with Crippen molar-refractivity contribution in [1.82, 2.24) is 14.5 Å². The monoisotopic (exact) mass is 669 g/mol. The molecule has 0 aliphatic carbocycles. The van der Waals surface area contributed by atoms with E-state index in [0.717, 1.165) is 6.07 Å². The molecule has 0 radical (unpaired) electrons. The summed E-state index contributed by atoms with van der Waals surface area (Å²) in [4.78, 5) is 20.4. The van der Waals surface area contributed by atoms with E-state index in [0.29, 0.717) is 22.8 Å². The standard InChI is InChI=1S/C34H28F5N3O4S/c1-45-30-13-11-22(17-27(30)36)19-42-20-24(12-14-32(42)43)28-18-31(34(37,38)39)41-33(40-28)47(44)16-15-29(23-7-3-2-4-8-23)46-21-25-9-5-6-10-26(25)35/h2-14,17-18,20,29H,15-16,19,21H2,1H3. The molecule has 0 saturated carbocycles. The van der Waals surface area contributed by atoms with Crippen molar-refractivity contribution in [3.8, 4) is 17.0 Å². The number of methoxy groups -OCH3 is 1. The van der Waals surface area contributed by atoms with Gasteiger partial charge in [-0.25, -0.2) is 18.7 Å². The number of hydrogen-bond acceptors (Lipinski definition) is 6. The van der Waals surface area contributed by atoms with Gasteiger partial charge in [-0.1, -0.05) is 54.6 Å². The first-order valence-corrected chi connectivity index (χ1v) is 15.6. The summed E-state index contributed by atoms with van der Waals surface area (Å²) >= 11 is 0. The van der Waals surface area contributed by atoms with Crippen LogP contribution in [0.15, 0.2) is 107 Å². The second-order valence-corrected chi connectivity index (χ2v) is 11.9. The molecule has 7 nitrogen and oxygen atoms in total. The first kappa shape index (κ1) is 33.6. The number of aromatic nitrogens is 3. The SMILES string of the molecule is COc1ccc(Cn2cc(-c3cc(C(F)(F)F)nc(S(=O)CCC(OCc4ccccc4F)c4ccccc4)n3)ccc2=O)cc1F. The van der Waals surface area contributed by atoms with E-state index >= 15 is 0 Å². The maximum atomic E-state index is 14.2. The Bertz CT molecular complexity index is 1940. The highest BCUT2D eigenvalue weighted by atomic mass is 32.2. The number of ether oxygens (including phenoxy) is 2. The molecule has 5 rings (SSSR count). The van der Waals surface area contributed by atoms with E-state index in [-0.39, 0.29) is 42.3 Å². The molecule has 2 heterocycles. The molecule has 13 heteroatoms. The number of benzene rings is 3. The van der Waals surface area contributed by atoms with E-state index in [4.69, 9.17) is 9.47 Å². The van der Waals surface area contributed by atoms with Crippen molar-refractivity contribution >= 4 is 10.8 Å². The summed E-state index contributed by atoms with van der Waals surface area (Å²) in [7, 11) is -0.791. The van der Waals surface area contributed by atoms with E-state index < -0.39 is 51.1 Å². The van der Waals surface area contributed by atoms with Gasteiger partial charge in [-0.15, -0.1) is 0 Å². The molecule has 0 amide bonds. The van der Waals surface area contributed by atoms with Gasteiger partial charge in [0.05, 0.1) is 42.9 Å².